The van der Waals surface area contributed by atoms with Gasteiger partial charge in [0.05, 0.1) is 17.9 Å². The molecule has 0 bridgehead atoms. The van der Waals surface area contributed by atoms with Crippen molar-refractivity contribution in [2.75, 3.05) is 6.61 Å². The van der Waals surface area contributed by atoms with E-state index in [0.717, 1.165) is 12.1 Å². The summed E-state index contributed by atoms with van der Waals surface area (Å²) in [7, 11) is 1.73. The van der Waals surface area contributed by atoms with Crippen LogP contribution in [0.15, 0.2) is 39.5 Å². The summed E-state index contributed by atoms with van der Waals surface area (Å²) in [6.45, 7) is 4.37. The number of primary amides is 1. The van der Waals surface area contributed by atoms with Crippen LogP contribution in [0.5, 0.6) is 5.75 Å². The molecule has 0 aliphatic rings. The molecular formula is C22H23N5O4. The predicted octanol–water partition coefficient (Wildman–Crippen LogP) is 3.03. The summed E-state index contributed by atoms with van der Waals surface area (Å²) in [4.78, 5) is 31.8. The number of nitrogens with zero attached hydrogens (tertiary/aromatic N) is 3. The minimum Gasteiger partial charge on any atom is -0.493 e. The number of hydrogen-bond acceptors (Lipinski definition) is 6. The SMILES string of the molecule is CCCc1nn(C)c2c(=O)[nH]c(-c3cc(-c4ccc(C(N)=O)o4)ccc3OCC)nc12. The Balaban J connectivity index is 1.90. The van der Waals surface area contributed by atoms with Crippen molar-refractivity contribution in [3.05, 3.63) is 52.1 Å². The predicted molar refractivity (Wildman–Crippen MR) is 116 cm³/mol. The molecular weight excluding hydrogens is 398 g/mol. The highest BCUT2D eigenvalue weighted by molar-refractivity contribution is 5.90. The minimum absolute atomic E-state index is 0.0675. The number of furan rings is 1. The highest BCUT2D eigenvalue weighted by atomic mass is 16.5. The number of benzene rings is 1. The van der Waals surface area contributed by atoms with Gasteiger partial charge in [0.15, 0.2) is 11.3 Å². The van der Waals surface area contributed by atoms with Crippen molar-refractivity contribution < 1.29 is 13.9 Å². The number of aromatic amines is 1. The number of aryl methyl sites for hydroxylation is 2. The first-order valence-corrected chi connectivity index (χ1v) is 10.1. The van der Waals surface area contributed by atoms with Gasteiger partial charge in [-0.15, -0.1) is 0 Å². The first kappa shape index (κ1) is 20.4. The van der Waals surface area contributed by atoms with E-state index in [1.54, 1.807) is 36.0 Å². The Morgan fingerprint density at radius 1 is 1.26 bits per heavy atom. The molecule has 0 unspecified atom stereocenters. The van der Waals surface area contributed by atoms with Gasteiger partial charge in [-0.25, -0.2) is 4.98 Å². The van der Waals surface area contributed by atoms with Crippen LogP contribution in [0.1, 0.15) is 36.5 Å². The molecule has 1 amide bonds. The van der Waals surface area contributed by atoms with Gasteiger partial charge in [-0.1, -0.05) is 13.3 Å². The molecule has 160 valence electrons. The summed E-state index contributed by atoms with van der Waals surface area (Å²) in [6, 6.07) is 8.57. The molecule has 0 aliphatic carbocycles. The topological polar surface area (TPSA) is 129 Å². The summed E-state index contributed by atoms with van der Waals surface area (Å²) in [5.41, 5.74) is 8.08. The van der Waals surface area contributed by atoms with Crippen LogP contribution >= 0.6 is 0 Å². The lowest BCUT2D eigenvalue weighted by atomic mass is 10.1. The normalized spacial score (nSPS) is 11.2. The Kier molecular flexibility index (Phi) is 5.33. The molecule has 0 saturated heterocycles. The molecule has 0 radical (unpaired) electrons. The van der Waals surface area contributed by atoms with E-state index in [9.17, 15) is 9.59 Å². The number of ether oxygens (including phenoxy) is 1. The van der Waals surface area contributed by atoms with Crippen LogP contribution in [-0.4, -0.2) is 32.3 Å². The van der Waals surface area contributed by atoms with Crippen LogP contribution in [0.3, 0.4) is 0 Å². The van der Waals surface area contributed by atoms with E-state index in [4.69, 9.17) is 19.9 Å². The summed E-state index contributed by atoms with van der Waals surface area (Å²) in [5.74, 6) is 0.826. The van der Waals surface area contributed by atoms with Gasteiger partial charge in [-0.2, -0.15) is 5.10 Å². The van der Waals surface area contributed by atoms with Gasteiger partial charge in [0, 0.05) is 12.6 Å². The smallest absolute Gasteiger partial charge is 0.284 e. The van der Waals surface area contributed by atoms with Crippen molar-refractivity contribution >= 4 is 16.9 Å². The van der Waals surface area contributed by atoms with E-state index in [-0.39, 0.29) is 11.3 Å². The molecule has 0 aliphatic heterocycles. The van der Waals surface area contributed by atoms with Crippen LogP contribution in [0.2, 0.25) is 0 Å². The van der Waals surface area contributed by atoms with Crippen molar-refractivity contribution in [1.29, 1.82) is 0 Å². The van der Waals surface area contributed by atoms with Crippen LogP contribution < -0.4 is 16.0 Å². The van der Waals surface area contributed by atoms with Crippen LogP contribution in [0.4, 0.5) is 0 Å². The van der Waals surface area contributed by atoms with E-state index < -0.39 is 5.91 Å². The zero-order chi connectivity index (χ0) is 22.1. The van der Waals surface area contributed by atoms with E-state index in [2.05, 4.69) is 17.0 Å². The van der Waals surface area contributed by atoms with E-state index in [1.807, 2.05) is 6.92 Å². The summed E-state index contributed by atoms with van der Waals surface area (Å²) in [5, 5.41) is 4.46. The van der Waals surface area contributed by atoms with Gasteiger partial charge in [-0.3, -0.25) is 14.3 Å². The monoisotopic (exact) mass is 421 g/mol. The third-order valence-electron chi connectivity index (χ3n) is 4.92. The first-order valence-electron chi connectivity index (χ1n) is 10.1. The lowest BCUT2D eigenvalue weighted by Crippen LogP contribution is -2.12. The standard InChI is InChI=1S/C22H23N5O4/c1-4-6-14-18-19(27(3)26-14)22(29)25-21(24-18)13-11-12(7-8-16(13)30-5-2)15-9-10-17(31-15)20(23)28/h7-11H,4-6H2,1-3H3,(H2,23,28)(H,24,25,29). The average Bonchev–Trinajstić information content (AvgIpc) is 3.35. The van der Waals surface area contributed by atoms with Gasteiger partial charge in [0.2, 0.25) is 0 Å². The van der Waals surface area contributed by atoms with Gasteiger partial charge in [0.1, 0.15) is 22.9 Å². The Morgan fingerprint density at radius 3 is 2.74 bits per heavy atom. The molecule has 3 N–H and O–H groups in total. The fourth-order valence-electron chi connectivity index (χ4n) is 3.55. The Hall–Kier alpha value is -3.88. The molecule has 3 heterocycles. The fourth-order valence-corrected chi connectivity index (χ4v) is 3.55. The Bertz CT molecular complexity index is 1330. The van der Waals surface area contributed by atoms with Crippen molar-refractivity contribution in [1.82, 2.24) is 19.7 Å². The third kappa shape index (κ3) is 3.70. The molecule has 31 heavy (non-hydrogen) atoms. The van der Waals surface area contributed by atoms with Crippen LogP contribution in [-0.2, 0) is 13.5 Å². The summed E-state index contributed by atoms with van der Waals surface area (Å²) < 4.78 is 12.9. The molecule has 9 nitrogen and oxygen atoms in total. The molecule has 4 rings (SSSR count). The number of nitrogens with one attached hydrogen (secondary N) is 1. The van der Waals surface area contributed by atoms with Gasteiger partial charge < -0.3 is 19.9 Å². The van der Waals surface area contributed by atoms with Crippen molar-refractivity contribution in [2.24, 2.45) is 12.8 Å². The maximum atomic E-state index is 12.8. The van der Waals surface area contributed by atoms with E-state index in [0.29, 0.717) is 52.5 Å². The van der Waals surface area contributed by atoms with Crippen LogP contribution in [0.25, 0.3) is 33.7 Å². The maximum absolute atomic E-state index is 12.8. The number of fused-ring (bicyclic) bond motifs is 1. The molecule has 0 saturated carbocycles. The Labute approximate surface area is 177 Å². The average molecular weight is 421 g/mol. The van der Waals surface area contributed by atoms with Gasteiger partial charge in [-0.05, 0) is 43.7 Å². The van der Waals surface area contributed by atoms with Crippen molar-refractivity contribution in [3.8, 4) is 28.5 Å². The lowest BCUT2D eigenvalue weighted by molar-refractivity contribution is 0.0974. The zero-order valence-electron chi connectivity index (χ0n) is 17.6. The summed E-state index contributed by atoms with van der Waals surface area (Å²) in [6.07, 6.45) is 1.60. The number of rotatable bonds is 7. The molecule has 3 aromatic heterocycles. The largest absolute Gasteiger partial charge is 0.493 e. The number of hydrogen-bond donors (Lipinski definition) is 2. The quantitative estimate of drug-likeness (QED) is 0.472. The van der Waals surface area contributed by atoms with Crippen molar-refractivity contribution in [3.63, 3.8) is 0 Å². The second kappa shape index (κ2) is 8.10. The molecule has 0 fully saturated rings. The maximum Gasteiger partial charge on any atom is 0.284 e. The van der Waals surface area contributed by atoms with E-state index in [1.165, 1.54) is 6.07 Å². The van der Waals surface area contributed by atoms with Crippen LogP contribution in [0, 0.1) is 0 Å². The highest BCUT2D eigenvalue weighted by Crippen LogP contribution is 2.34. The lowest BCUT2D eigenvalue weighted by Gasteiger charge is -2.11. The summed E-state index contributed by atoms with van der Waals surface area (Å²) >= 11 is 0. The molecule has 9 heteroatoms. The molecule has 0 atom stereocenters. The number of aromatic nitrogens is 4. The first-order chi connectivity index (χ1) is 14.9. The number of nitrogens with two attached hydrogens (primary N) is 1. The number of carbonyl (C=O) groups excluding carboxylic acids is 1. The number of carbonyl (C=O) groups is 1. The fraction of sp³-hybridized carbons (Fsp3) is 0.273. The second-order valence-corrected chi connectivity index (χ2v) is 7.10. The second-order valence-electron chi connectivity index (χ2n) is 7.10. The molecule has 1 aromatic carbocycles. The number of H-pyrrole nitrogens is 1. The highest BCUT2D eigenvalue weighted by Gasteiger charge is 2.19. The van der Waals surface area contributed by atoms with Crippen molar-refractivity contribution in [2.45, 2.75) is 26.7 Å². The van der Waals surface area contributed by atoms with E-state index >= 15 is 0 Å². The molecule has 0 spiro atoms. The Morgan fingerprint density at radius 2 is 2.06 bits per heavy atom. The number of amides is 1. The minimum atomic E-state index is -0.645. The molecule has 4 aromatic rings. The zero-order valence-corrected chi connectivity index (χ0v) is 17.6. The third-order valence-corrected chi connectivity index (χ3v) is 4.92. The van der Waals surface area contributed by atoms with Gasteiger partial charge in [0.25, 0.3) is 11.5 Å². The van der Waals surface area contributed by atoms with Gasteiger partial charge >= 0.3 is 0 Å².